The van der Waals surface area contributed by atoms with Gasteiger partial charge in [-0.1, -0.05) is 19.8 Å². The first-order valence-corrected chi connectivity index (χ1v) is 7.01. The molecule has 0 saturated heterocycles. The van der Waals surface area contributed by atoms with Crippen LogP contribution in [0.15, 0.2) is 0 Å². The third kappa shape index (κ3) is 2.07. The van der Waals surface area contributed by atoms with Crippen molar-refractivity contribution in [1.29, 1.82) is 0 Å². The Morgan fingerprint density at radius 3 is 2.28 bits per heavy atom. The predicted octanol–water partition coefficient (Wildman–Crippen LogP) is 2.75. The number of nitrogens with zero attached hydrogens (tertiary/aromatic N) is 3. The Morgan fingerprint density at radius 2 is 1.83 bits per heavy atom. The monoisotopic (exact) mass is 251 g/mol. The van der Waals surface area contributed by atoms with Crippen molar-refractivity contribution in [3.05, 3.63) is 11.6 Å². The summed E-state index contributed by atoms with van der Waals surface area (Å²) in [5.41, 5.74) is 0.0926. The Morgan fingerprint density at radius 1 is 1.22 bits per heavy atom. The first kappa shape index (κ1) is 13.5. The highest BCUT2D eigenvalue weighted by molar-refractivity contribution is 5.15. The highest BCUT2D eigenvalue weighted by Gasteiger charge is 2.40. The number of rotatable bonds is 3. The van der Waals surface area contributed by atoms with E-state index in [1.54, 1.807) is 0 Å². The number of aromatic nitrogens is 3. The van der Waals surface area contributed by atoms with Gasteiger partial charge >= 0.3 is 0 Å². The Bertz CT molecular complexity index is 411. The van der Waals surface area contributed by atoms with Gasteiger partial charge in [-0.3, -0.25) is 0 Å². The summed E-state index contributed by atoms with van der Waals surface area (Å²) >= 11 is 0. The van der Waals surface area contributed by atoms with Crippen molar-refractivity contribution >= 4 is 0 Å². The second-order valence-corrected chi connectivity index (χ2v) is 6.45. The molecule has 1 heterocycles. The van der Waals surface area contributed by atoms with Crippen LogP contribution in [0, 0.1) is 0 Å². The van der Waals surface area contributed by atoms with Gasteiger partial charge in [0.1, 0.15) is 12.4 Å². The van der Waals surface area contributed by atoms with Crippen molar-refractivity contribution < 1.29 is 5.11 Å². The normalized spacial score (nSPS) is 19.4. The molecule has 0 amide bonds. The summed E-state index contributed by atoms with van der Waals surface area (Å²) in [6, 6.07) is 0. The van der Waals surface area contributed by atoms with Crippen LogP contribution in [0.1, 0.15) is 71.4 Å². The van der Waals surface area contributed by atoms with E-state index in [-0.39, 0.29) is 17.6 Å². The zero-order valence-corrected chi connectivity index (χ0v) is 12.0. The summed E-state index contributed by atoms with van der Waals surface area (Å²) < 4.78 is 2.15. The first-order valence-electron chi connectivity index (χ1n) is 7.01. The van der Waals surface area contributed by atoms with Gasteiger partial charge < -0.3 is 9.67 Å². The van der Waals surface area contributed by atoms with Crippen LogP contribution < -0.4 is 0 Å². The van der Waals surface area contributed by atoms with Crippen molar-refractivity contribution in [3.8, 4) is 0 Å². The van der Waals surface area contributed by atoms with E-state index >= 15 is 0 Å². The van der Waals surface area contributed by atoms with Crippen LogP contribution in [-0.2, 0) is 17.6 Å². The van der Waals surface area contributed by atoms with Crippen molar-refractivity contribution in [2.75, 3.05) is 0 Å². The van der Waals surface area contributed by atoms with E-state index in [1.165, 1.54) is 25.7 Å². The molecule has 4 heteroatoms. The molecule has 1 aliphatic carbocycles. The van der Waals surface area contributed by atoms with Crippen LogP contribution in [0.3, 0.4) is 0 Å². The fourth-order valence-electron chi connectivity index (χ4n) is 3.25. The molecule has 4 nitrogen and oxygen atoms in total. The minimum absolute atomic E-state index is 0.0376. The molecule has 1 aromatic rings. The number of aliphatic hydroxyl groups excluding tert-OH is 1. The standard InChI is InChI=1S/C14H25N3O/c1-5-14(8-6-7-9-14)12-16-15-11(10-18)17(12)13(2,3)4/h18H,5-10H2,1-4H3. The Kier molecular flexibility index (Phi) is 3.49. The van der Waals surface area contributed by atoms with Crippen LogP contribution in [0.25, 0.3) is 0 Å². The van der Waals surface area contributed by atoms with Gasteiger partial charge in [-0.25, -0.2) is 0 Å². The molecule has 0 bridgehead atoms. The third-order valence-corrected chi connectivity index (χ3v) is 4.25. The summed E-state index contributed by atoms with van der Waals surface area (Å²) in [4.78, 5) is 0. The molecular formula is C14H25N3O. The summed E-state index contributed by atoms with van der Waals surface area (Å²) in [5, 5.41) is 18.1. The Hall–Kier alpha value is -0.900. The van der Waals surface area contributed by atoms with Crippen molar-refractivity contribution in [2.24, 2.45) is 0 Å². The fraction of sp³-hybridized carbons (Fsp3) is 0.857. The second kappa shape index (κ2) is 4.65. The van der Waals surface area contributed by atoms with Gasteiger partial charge in [0.25, 0.3) is 0 Å². The maximum Gasteiger partial charge on any atom is 0.159 e. The number of hydrogen-bond acceptors (Lipinski definition) is 3. The highest BCUT2D eigenvalue weighted by Crippen LogP contribution is 2.44. The lowest BCUT2D eigenvalue weighted by atomic mass is 9.82. The van der Waals surface area contributed by atoms with Crippen molar-refractivity contribution in [2.45, 2.75) is 77.4 Å². The second-order valence-electron chi connectivity index (χ2n) is 6.45. The van der Waals surface area contributed by atoms with Gasteiger partial charge in [0.15, 0.2) is 5.82 Å². The molecule has 1 aliphatic rings. The predicted molar refractivity (Wildman–Crippen MR) is 71.4 cm³/mol. The molecule has 0 atom stereocenters. The van der Waals surface area contributed by atoms with Crippen LogP contribution in [0.5, 0.6) is 0 Å². The van der Waals surface area contributed by atoms with E-state index in [0.717, 1.165) is 12.2 Å². The van der Waals surface area contributed by atoms with Crippen LogP contribution in [-0.4, -0.2) is 19.9 Å². The molecular weight excluding hydrogens is 226 g/mol. The maximum atomic E-state index is 9.47. The van der Waals surface area contributed by atoms with Gasteiger partial charge in [0.05, 0.1) is 0 Å². The van der Waals surface area contributed by atoms with E-state index in [9.17, 15) is 5.11 Å². The van der Waals surface area contributed by atoms with Crippen LogP contribution >= 0.6 is 0 Å². The average molecular weight is 251 g/mol. The molecule has 2 rings (SSSR count). The zero-order chi connectivity index (χ0) is 13.4. The van der Waals surface area contributed by atoms with E-state index in [1.807, 2.05) is 0 Å². The molecule has 0 spiro atoms. The first-order chi connectivity index (χ1) is 8.44. The number of aliphatic hydroxyl groups is 1. The molecule has 18 heavy (non-hydrogen) atoms. The van der Waals surface area contributed by atoms with Gasteiger partial charge in [-0.15, -0.1) is 10.2 Å². The van der Waals surface area contributed by atoms with Crippen LogP contribution in [0.4, 0.5) is 0 Å². The summed E-state index contributed by atoms with van der Waals surface area (Å²) in [5.74, 6) is 1.77. The van der Waals surface area contributed by atoms with E-state index < -0.39 is 0 Å². The highest BCUT2D eigenvalue weighted by atomic mass is 16.3. The maximum absolute atomic E-state index is 9.47. The molecule has 1 fully saturated rings. The summed E-state index contributed by atoms with van der Waals surface area (Å²) in [6.45, 7) is 8.65. The molecule has 1 saturated carbocycles. The van der Waals surface area contributed by atoms with E-state index in [0.29, 0.717) is 5.82 Å². The largest absolute Gasteiger partial charge is 0.388 e. The smallest absolute Gasteiger partial charge is 0.159 e. The topological polar surface area (TPSA) is 50.9 Å². The fourth-order valence-corrected chi connectivity index (χ4v) is 3.25. The Labute approximate surface area is 109 Å². The summed E-state index contributed by atoms with van der Waals surface area (Å²) in [6.07, 6.45) is 6.05. The molecule has 0 radical (unpaired) electrons. The van der Waals surface area contributed by atoms with Crippen molar-refractivity contribution in [1.82, 2.24) is 14.8 Å². The molecule has 0 aromatic carbocycles. The lowest BCUT2D eigenvalue weighted by Gasteiger charge is -2.33. The van der Waals surface area contributed by atoms with Gasteiger partial charge in [-0.2, -0.15) is 0 Å². The minimum atomic E-state index is -0.0817. The third-order valence-electron chi connectivity index (χ3n) is 4.25. The molecule has 0 aliphatic heterocycles. The number of hydrogen-bond donors (Lipinski definition) is 1. The van der Waals surface area contributed by atoms with Gasteiger partial charge in [-0.05, 0) is 40.0 Å². The molecule has 1 N–H and O–H groups in total. The lowest BCUT2D eigenvalue weighted by molar-refractivity contribution is 0.240. The average Bonchev–Trinajstić information content (AvgIpc) is 2.95. The molecule has 102 valence electrons. The van der Waals surface area contributed by atoms with E-state index in [2.05, 4.69) is 42.5 Å². The zero-order valence-electron chi connectivity index (χ0n) is 12.0. The lowest BCUT2D eigenvalue weighted by Crippen LogP contribution is -2.34. The van der Waals surface area contributed by atoms with E-state index in [4.69, 9.17) is 0 Å². The summed E-state index contributed by atoms with van der Waals surface area (Å²) in [7, 11) is 0. The molecule has 0 unspecified atom stereocenters. The van der Waals surface area contributed by atoms with Gasteiger partial charge in [0.2, 0.25) is 0 Å². The quantitative estimate of drug-likeness (QED) is 0.898. The van der Waals surface area contributed by atoms with Crippen LogP contribution in [0.2, 0.25) is 0 Å². The van der Waals surface area contributed by atoms with Crippen molar-refractivity contribution in [3.63, 3.8) is 0 Å². The Balaban J connectivity index is 2.54. The van der Waals surface area contributed by atoms with Gasteiger partial charge in [0, 0.05) is 11.0 Å². The molecule has 1 aromatic heterocycles. The minimum Gasteiger partial charge on any atom is -0.388 e. The SMILES string of the molecule is CCC1(c2nnc(CO)n2C(C)(C)C)CCCC1.